The Bertz CT molecular complexity index is 574. The van der Waals surface area contributed by atoms with Crippen LogP contribution in [-0.4, -0.2) is 22.6 Å². The maximum absolute atomic E-state index is 12.0. The van der Waals surface area contributed by atoms with Crippen LogP contribution in [0, 0.1) is 0 Å². The van der Waals surface area contributed by atoms with Gasteiger partial charge in [-0.25, -0.2) is 0 Å². The monoisotopic (exact) mass is 307 g/mol. The van der Waals surface area contributed by atoms with Crippen molar-refractivity contribution in [2.24, 2.45) is 4.99 Å². The molecule has 0 saturated carbocycles. The summed E-state index contributed by atoms with van der Waals surface area (Å²) in [5.74, 6) is -0.904. The number of aliphatic imine (C=N–C) groups is 1. The smallest absolute Gasteiger partial charge is 0.309 e. The summed E-state index contributed by atoms with van der Waals surface area (Å²) in [6, 6.07) is 6.75. The first-order valence-electron chi connectivity index (χ1n) is 6.62. The topological polar surface area (TPSA) is 66.7 Å². The normalized spacial score (nSPS) is 12.3. The third-order valence-electron chi connectivity index (χ3n) is 2.88. The van der Waals surface area contributed by atoms with E-state index in [1.54, 1.807) is 44.2 Å². The number of carbonyl (C=O) groups excluding carboxylic acids is 1. The van der Waals surface area contributed by atoms with Crippen molar-refractivity contribution in [3.8, 4) is 0 Å². The van der Waals surface area contributed by atoms with Crippen molar-refractivity contribution >= 4 is 29.1 Å². The standard InChI is InChI=1S/C16H18ClNO3/c1-3-14(10-16(20)21)18-11(2)4-9-15(19)12-5-7-13(17)8-6-12/h3,5-8H,4,9-10H2,1-2H3,(H,20,21)/b14-3-,18-11+. The number of Topliss-reactive ketones (excluding diaryl/α,β-unsaturated/α-hetero) is 1. The molecule has 0 atom stereocenters. The molecule has 0 bridgehead atoms. The number of hydrogen-bond acceptors (Lipinski definition) is 3. The van der Waals surface area contributed by atoms with Gasteiger partial charge in [-0.3, -0.25) is 14.6 Å². The van der Waals surface area contributed by atoms with Crippen molar-refractivity contribution in [2.45, 2.75) is 33.1 Å². The molecule has 1 aromatic rings. The molecule has 0 radical (unpaired) electrons. The van der Waals surface area contributed by atoms with Crippen LogP contribution in [0.1, 0.15) is 43.5 Å². The molecule has 0 aliphatic carbocycles. The molecule has 0 saturated heterocycles. The van der Waals surface area contributed by atoms with Gasteiger partial charge in [-0.1, -0.05) is 17.7 Å². The second kappa shape index (κ2) is 8.37. The first-order chi connectivity index (χ1) is 9.92. The molecule has 1 rings (SSSR count). The highest BCUT2D eigenvalue weighted by Crippen LogP contribution is 2.13. The summed E-state index contributed by atoms with van der Waals surface area (Å²) >= 11 is 5.77. The Morgan fingerprint density at radius 3 is 2.38 bits per heavy atom. The van der Waals surface area contributed by atoms with Crippen LogP contribution in [0.4, 0.5) is 0 Å². The maximum Gasteiger partial charge on any atom is 0.309 e. The lowest BCUT2D eigenvalue weighted by Gasteiger charge is -2.03. The number of allylic oxidation sites excluding steroid dienone is 1. The van der Waals surface area contributed by atoms with Gasteiger partial charge in [0.2, 0.25) is 0 Å². The predicted octanol–water partition coefficient (Wildman–Crippen LogP) is 4.14. The SMILES string of the molecule is C/C=C(CC(=O)O)\N=C(/C)CCC(=O)c1ccc(Cl)cc1. The number of carboxylic acids is 1. The lowest BCUT2D eigenvalue weighted by atomic mass is 10.1. The quantitative estimate of drug-likeness (QED) is 0.608. The van der Waals surface area contributed by atoms with Gasteiger partial charge in [0, 0.05) is 28.4 Å². The molecule has 0 spiro atoms. The van der Waals surface area contributed by atoms with Crippen LogP contribution in [0.25, 0.3) is 0 Å². The van der Waals surface area contributed by atoms with Crippen molar-refractivity contribution in [2.75, 3.05) is 0 Å². The number of rotatable bonds is 7. The van der Waals surface area contributed by atoms with Crippen molar-refractivity contribution in [1.29, 1.82) is 0 Å². The van der Waals surface area contributed by atoms with Crippen LogP contribution < -0.4 is 0 Å². The van der Waals surface area contributed by atoms with E-state index in [0.29, 0.717) is 29.1 Å². The van der Waals surface area contributed by atoms with Crippen LogP contribution >= 0.6 is 11.6 Å². The van der Waals surface area contributed by atoms with E-state index in [9.17, 15) is 9.59 Å². The minimum atomic E-state index is -0.920. The molecule has 112 valence electrons. The van der Waals surface area contributed by atoms with Gasteiger partial charge in [0.05, 0.1) is 6.42 Å². The molecule has 0 amide bonds. The molecular weight excluding hydrogens is 290 g/mol. The Balaban J connectivity index is 2.59. The highest BCUT2D eigenvalue weighted by molar-refractivity contribution is 6.30. The van der Waals surface area contributed by atoms with E-state index < -0.39 is 5.97 Å². The first kappa shape index (κ1) is 17.1. The number of benzene rings is 1. The fourth-order valence-electron chi connectivity index (χ4n) is 1.74. The second-order valence-corrected chi connectivity index (χ2v) is 5.06. The van der Waals surface area contributed by atoms with Crippen molar-refractivity contribution in [3.05, 3.63) is 46.6 Å². The summed E-state index contributed by atoms with van der Waals surface area (Å²) in [5, 5.41) is 9.34. The van der Waals surface area contributed by atoms with Crippen molar-refractivity contribution < 1.29 is 14.7 Å². The van der Waals surface area contributed by atoms with Crippen molar-refractivity contribution in [1.82, 2.24) is 0 Å². The summed E-state index contributed by atoms with van der Waals surface area (Å²) in [6.45, 7) is 3.54. The second-order valence-electron chi connectivity index (χ2n) is 4.63. The third kappa shape index (κ3) is 6.36. The highest BCUT2D eigenvalue weighted by atomic mass is 35.5. The third-order valence-corrected chi connectivity index (χ3v) is 3.13. The molecule has 5 heteroatoms. The van der Waals surface area contributed by atoms with Gasteiger partial charge in [0.15, 0.2) is 5.78 Å². The number of aliphatic carboxylic acids is 1. The van der Waals surface area contributed by atoms with E-state index in [1.165, 1.54) is 0 Å². The zero-order chi connectivity index (χ0) is 15.8. The average Bonchev–Trinajstić information content (AvgIpc) is 2.44. The number of hydrogen-bond donors (Lipinski definition) is 1. The number of carbonyl (C=O) groups is 2. The van der Waals surface area contributed by atoms with Gasteiger partial charge in [-0.15, -0.1) is 0 Å². The van der Waals surface area contributed by atoms with Gasteiger partial charge in [0.1, 0.15) is 0 Å². The maximum atomic E-state index is 12.0. The molecule has 0 heterocycles. The van der Waals surface area contributed by atoms with Crippen LogP contribution in [0.3, 0.4) is 0 Å². The largest absolute Gasteiger partial charge is 0.481 e. The molecule has 0 aromatic heterocycles. The fraction of sp³-hybridized carbons (Fsp3) is 0.312. The Kier molecular flexibility index (Phi) is 6.82. The minimum Gasteiger partial charge on any atom is -0.481 e. The Hall–Kier alpha value is -1.94. The zero-order valence-corrected chi connectivity index (χ0v) is 12.9. The number of halogens is 1. The van der Waals surface area contributed by atoms with Crippen LogP contribution in [0.2, 0.25) is 5.02 Å². The van der Waals surface area contributed by atoms with Gasteiger partial charge >= 0.3 is 5.97 Å². The molecule has 0 unspecified atom stereocenters. The Morgan fingerprint density at radius 1 is 1.24 bits per heavy atom. The van der Waals surface area contributed by atoms with E-state index >= 15 is 0 Å². The van der Waals surface area contributed by atoms with E-state index in [-0.39, 0.29) is 12.2 Å². The summed E-state index contributed by atoms with van der Waals surface area (Å²) in [5.41, 5.74) is 1.86. The molecular formula is C16H18ClNO3. The molecule has 4 nitrogen and oxygen atoms in total. The van der Waals surface area contributed by atoms with E-state index in [2.05, 4.69) is 4.99 Å². The summed E-state index contributed by atoms with van der Waals surface area (Å²) in [4.78, 5) is 26.9. The highest BCUT2D eigenvalue weighted by Gasteiger charge is 2.07. The Morgan fingerprint density at radius 2 is 1.86 bits per heavy atom. The molecule has 21 heavy (non-hydrogen) atoms. The minimum absolute atomic E-state index is 0.0153. The molecule has 0 aliphatic rings. The molecule has 1 aromatic carbocycles. The van der Waals surface area contributed by atoms with E-state index in [4.69, 9.17) is 16.7 Å². The average molecular weight is 308 g/mol. The molecule has 0 aliphatic heterocycles. The van der Waals surface area contributed by atoms with E-state index in [1.807, 2.05) is 0 Å². The van der Waals surface area contributed by atoms with E-state index in [0.717, 1.165) is 5.71 Å². The van der Waals surface area contributed by atoms with Crippen LogP contribution in [-0.2, 0) is 4.79 Å². The predicted molar refractivity (Wildman–Crippen MR) is 84.1 cm³/mol. The first-order valence-corrected chi connectivity index (χ1v) is 7.00. The summed E-state index contributed by atoms with van der Waals surface area (Å²) in [6.07, 6.45) is 2.39. The summed E-state index contributed by atoms with van der Waals surface area (Å²) < 4.78 is 0. The van der Waals surface area contributed by atoms with Gasteiger partial charge in [-0.2, -0.15) is 0 Å². The van der Waals surface area contributed by atoms with Gasteiger partial charge in [-0.05, 0) is 44.5 Å². The van der Waals surface area contributed by atoms with Crippen LogP contribution in [0.15, 0.2) is 41.0 Å². The van der Waals surface area contributed by atoms with Gasteiger partial charge in [0.25, 0.3) is 0 Å². The zero-order valence-electron chi connectivity index (χ0n) is 12.1. The Labute approximate surface area is 129 Å². The molecule has 0 fully saturated rings. The number of carboxylic acid groups (broad SMARTS) is 1. The summed E-state index contributed by atoms with van der Waals surface area (Å²) in [7, 11) is 0. The molecule has 1 N–H and O–H groups in total. The number of ketones is 1. The lowest BCUT2D eigenvalue weighted by Crippen LogP contribution is -2.03. The number of nitrogens with zero attached hydrogens (tertiary/aromatic N) is 1. The lowest BCUT2D eigenvalue weighted by molar-refractivity contribution is -0.136. The fourth-order valence-corrected chi connectivity index (χ4v) is 1.86. The van der Waals surface area contributed by atoms with Crippen molar-refractivity contribution in [3.63, 3.8) is 0 Å². The van der Waals surface area contributed by atoms with Crippen LogP contribution in [0.5, 0.6) is 0 Å². The van der Waals surface area contributed by atoms with Gasteiger partial charge < -0.3 is 5.11 Å².